The zero-order valence-corrected chi connectivity index (χ0v) is 12.3. The van der Waals surface area contributed by atoms with Crippen molar-refractivity contribution in [1.29, 1.82) is 0 Å². The number of imidazole rings is 1. The van der Waals surface area contributed by atoms with E-state index in [1.165, 1.54) is 5.56 Å². The van der Waals surface area contributed by atoms with Crippen molar-refractivity contribution in [2.45, 2.75) is 32.5 Å². The van der Waals surface area contributed by atoms with Crippen LogP contribution in [0.3, 0.4) is 0 Å². The number of hydrogen-bond donors (Lipinski definition) is 1. The summed E-state index contributed by atoms with van der Waals surface area (Å²) in [7, 11) is 0. The van der Waals surface area contributed by atoms with Gasteiger partial charge in [-0.2, -0.15) is 0 Å². The Kier molecular flexibility index (Phi) is 2.93. The Bertz CT molecular complexity index is 545. The van der Waals surface area contributed by atoms with E-state index in [1.807, 2.05) is 13.8 Å². The van der Waals surface area contributed by atoms with Crippen molar-refractivity contribution in [2.24, 2.45) is 0 Å². The number of nitrogens with zero attached hydrogens (tertiary/aromatic N) is 3. The SMILES string of the molecule is Cc1nc(N)c2nc(C)n(CC[AsH2])c2c1C. The van der Waals surface area contributed by atoms with E-state index in [2.05, 4.69) is 21.5 Å². The van der Waals surface area contributed by atoms with Gasteiger partial charge in [0.15, 0.2) is 0 Å². The molecule has 0 amide bonds. The summed E-state index contributed by atoms with van der Waals surface area (Å²) in [6.07, 6.45) is 0. The van der Waals surface area contributed by atoms with E-state index < -0.39 is 0 Å². The van der Waals surface area contributed by atoms with Crippen LogP contribution in [-0.4, -0.2) is 31.4 Å². The van der Waals surface area contributed by atoms with Gasteiger partial charge in [0.2, 0.25) is 0 Å². The third kappa shape index (κ3) is 1.61. The van der Waals surface area contributed by atoms with Gasteiger partial charge in [-0.25, -0.2) is 0 Å². The average Bonchev–Trinajstić information content (AvgIpc) is 2.55. The summed E-state index contributed by atoms with van der Waals surface area (Å²) in [6.45, 7) is 7.11. The molecular weight excluding hydrogens is 263 g/mol. The van der Waals surface area contributed by atoms with Gasteiger partial charge in [-0.1, -0.05) is 0 Å². The monoisotopic (exact) mass is 280 g/mol. The van der Waals surface area contributed by atoms with E-state index in [0.717, 1.165) is 34.3 Å². The zero-order valence-electron chi connectivity index (χ0n) is 9.91. The molecule has 16 heavy (non-hydrogen) atoms. The minimum absolute atomic E-state index is 0.543. The van der Waals surface area contributed by atoms with E-state index in [-0.39, 0.29) is 0 Å². The molecule has 2 aromatic rings. The Balaban J connectivity index is 2.85. The summed E-state index contributed by atoms with van der Waals surface area (Å²) in [5.41, 5.74) is 10.1. The first kappa shape index (κ1) is 11.5. The number of nitrogens with two attached hydrogens (primary N) is 1. The van der Waals surface area contributed by atoms with Crippen molar-refractivity contribution >= 4 is 33.7 Å². The molecule has 0 bridgehead atoms. The molecule has 0 spiro atoms. The molecule has 0 saturated carbocycles. The Morgan fingerprint density at radius 2 is 1.94 bits per heavy atom. The normalized spacial score (nSPS) is 11.2. The Hall–Kier alpha value is -1.02. The first-order chi connectivity index (χ1) is 7.56. The molecule has 4 nitrogen and oxygen atoms in total. The van der Waals surface area contributed by atoms with Gasteiger partial charge in [0.05, 0.1) is 0 Å². The second-order valence-corrected chi connectivity index (χ2v) is 5.22. The molecule has 2 rings (SSSR count). The predicted octanol–water partition coefficient (Wildman–Crippen LogP) is 0.990. The van der Waals surface area contributed by atoms with Crippen LogP contribution in [0.4, 0.5) is 5.82 Å². The summed E-state index contributed by atoms with van der Waals surface area (Å²) < 4.78 is 2.25. The van der Waals surface area contributed by atoms with Gasteiger partial charge in [-0.05, 0) is 0 Å². The van der Waals surface area contributed by atoms with Crippen LogP contribution in [0.15, 0.2) is 0 Å². The van der Waals surface area contributed by atoms with Crippen LogP contribution in [0.5, 0.6) is 0 Å². The number of aryl methyl sites for hydroxylation is 4. The van der Waals surface area contributed by atoms with Crippen LogP contribution in [0.25, 0.3) is 11.0 Å². The molecule has 5 heteroatoms. The molecule has 2 aromatic heterocycles. The third-order valence-corrected chi connectivity index (χ3v) is 3.48. The summed E-state index contributed by atoms with van der Waals surface area (Å²) in [5.74, 6) is 1.57. The number of fused-ring (bicyclic) bond motifs is 1. The molecule has 1 atom stereocenters. The van der Waals surface area contributed by atoms with Gasteiger partial charge in [-0.15, -0.1) is 0 Å². The van der Waals surface area contributed by atoms with Crippen molar-refractivity contribution < 1.29 is 0 Å². The van der Waals surface area contributed by atoms with E-state index in [9.17, 15) is 0 Å². The number of aromatic nitrogens is 3. The van der Waals surface area contributed by atoms with Gasteiger partial charge in [0.25, 0.3) is 0 Å². The fourth-order valence-electron chi connectivity index (χ4n) is 2.01. The van der Waals surface area contributed by atoms with Crippen molar-refractivity contribution in [2.75, 3.05) is 5.73 Å². The first-order valence-electron chi connectivity index (χ1n) is 5.35. The molecule has 0 aliphatic carbocycles. The number of nitrogen functional groups attached to an aromatic ring is 1. The molecule has 2 heterocycles. The van der Waals surface area contributed by atoms with E-state index in [4.69, 9.17) is 5.73 Å². The van der Waals surface area contributed by atoms with Crippen LogP contribution in [0.2, 0.25) is 5.21 Å². The fourth-order valence-corrected chi connectivity index (χ4v) is 2.56. The van der Waals surface area contributed by atoms with Gasteiger partial charge in [0, 0.05) is 0 Å². The number of anilines is 1. The maximum absolute atomic E-state index is 5.92. The van der Waals surface area contributed by atoms with Crippen molar-refractivity contribution in [3.05, 3.63) is 17.1 Å². The minimum atomic E-state index is 0.543. The van der Waals surface area contributed by atoms with Gasteiger partial charge >= 0.3 is 104 Å². The maximum atomic E-state index is 5.92. The number of pyridine rings is 1. The fraction of sp³-hybridized carbons (Fsp3) is 0.455. The second kappa shape index (κ2) is 4.10. The van der Waals surface area contributed by atoms with Gasteiger partial charge in [-0.3, -0.25) is 0 Å². The van der Waals surface area contributed by atoms with Crippen LogP contribution < -0.4 is 5.73 Å². The van der Waals surface area contributed by atoms with Crippen LogP contribution in [0.1, 0.15) is 17.1 Å². The van der Waals surface area contributed by atoms with Crippen molar-refractivity contribution in [3.63, 3.8) is 0 Å². The van der Waals surface area contributed by atoms with E-state index in [0.29, 0.717) is 5.82 Å². The molecule has 86 valence electrons. The number of hydrogen-bond acceptors (Lipinski definition) is 3. The Labute approximate surface area is 104 Å². The van der Waals surface area contributed by atoms with Crippen LogP contribution >= 0.6 is 0 Å². The quantitative estimate of drug-likeness (QED) is 0.835. The Morgan fingerprint density at radius 1 is 1.25 bits per heavy atom. The summed E-state index contributed by atoms with van der Waals surface area (Å²) in [6, 6.07) is 0. The Morgan fingerprint density at radius 3 is 2.56 bits per heavy atom. The summed E-state index contributed by atoms with van der Waals surface area (Å²) in [4.78, 5) is 8.84. The molecule has 0 radical (unpaired) electrons. The molecule has 0 saturated heterocycles. The van der Waals surface area contributed by atoms with Crippen molar-refractivity contribution in [3.8, 4) is 0 Å². The van der Waals surface area contributed by atoms with Crippen LogP contribution in [0, 0.1) is 20.8 Å². The summed E-state index contributed by atoms with van der Waals surface area (Å²) in [5, 5.41) is 1.15. The molecule has 1 unspecified atom stereocenters. The molecular formula is C11H17AsN4. The molecule has 0 fully saturated rings. The average molecular weight is 280 g/mol. The topological polar surface area (TPSA) is 56.7 Å². The second-order valence-electron chi connectivity index (χ2n) is 4.00. The third-order valence-electron chi connectivity index (χ3n) is 2.94. The molecule has 0 aliphatic rings. The van der Waals surface area contributed by atoms with Crippen molar-refractivity contribution in [1.82, 2.24) is 14.5 Å². The number of rotatable bonds is 2. The molecule has 0 aromatic carbocycles. The first-order valence-corrected chi connectivity index (χ1v) is 7.07. The van der Waals surface area contributed by atoms with Gasteiger partial charge in [0.1, 0.15) is 0 Å². The predicted molar refractivity (Wildman–Crippen MR) is 69.5 cm³/mol. The molecule has 0 aliphatic heterocycles. The van der Waals surface area contributed by atoms with Crippen LogP contribution in [-0.2, 0) is 6.54 Å². The standard InChI is InChI=1S/C11H17AsN4/c1-6-7(2)14-11(13)9-10(6)16(5-4-12)8(3)15-9/h4-5,12H2,1-3H3,(H2,13,14). The summed E-state index contributed by atoms with van der Waals surface area (Å²) >= 11 is 1.73. The van der Waals surface area contributed by atoms with E-state index >= 15 is 0 Å². The molecule has 2 N–H and O–H groups in total. The zero-order chi connectivity index (χ0) is 11.9. The van der Waals surface area contributed by atoms with E-state index in [1.54, 1.807) is 16.9 Å². The van der Waals surface area contributed by atoms with Gasteiger partial charge < -0.3 is 0 Å².